The van der Waals surface area contributed by atoms with Gasteiger partial charge in [-0.05, 0) is 35.4 Å². The molecule has 0 saturated heterocycles. The van der Waals surface area contributed by atoms with Crippen LogP contribution in [0.1, 0.15) is 16.7 Å². The average Bonchev–Trinajstić information content (AvgIpc) is 2.64. The van der Waals surface area contributed by atoms with Crippen LogP contribution < -0.4 is 10.1 Å². The number of methoxy groups -OCH3 is 1. The molecular formula is C19H25FIN3O2. The summed E-state index contributed by atoms with van der Waals surface area (Å²) >= 11 is 0. The zero-order chi connectivity index (χ0) is 18.2. The first-order valence-corrected chi connectivity index (χ1v) is 8.00. The predicted octanol–water partition coefficient (Wildman–Crippen LogP) is 3.15. The van der Waals surface area contributed by atoms with E-state index in [0.29, 0.717) is 18.7 Å². The standard InChI is InChI=1S/C19H24FN3O2.HI/c1-21-19(22-11-15-6-9-18(20)16(10-15)13-24)23(2)12-14-4-7-17(25-3)8-5-14;/h4-10,24H,11-13H2,1-3H3,(H,21,22);1H. The van der Waals surface area contributed by atoms with Crippen molar-refractivity contribution in [1.29, 1.82) is 0 Å². The van der Waals surface area contributed by atoms with Gasteiger partial charge in [0.05, 0.1) is 13.7 Å². The first kappa shape index (κ1) is 22.2. The molecule has 2 N–H and O–H groups in total. The van der Waals surface area contributed by atoms with E-state index in [2.05, 4.69) is 10.3 Å². The molecule has 0 amide bonds. The molecule has 142 valence electrons. The molecule has 0 unspecified atom stereocenters. The van der Waals surface area contributed by atoms with Crippen molar-refractivity contribution >= 4 is 29.9 Å². The Kier molecular flexibility index (Phi) is 9.36. The summed E-state index contributed by atoms with van der Waals surface area (Å²) in [6, 6.07) is 12.6. The van der Waals surface area contributed by atoms with Gasteiger partial charge in [0.25, 0.3) is 0 Å². The molecule has 0 aromatic heterocycles. The molecule has 0 aliphatic heterocycles. The smallest absolute Gasteiger partial charge is 0.193 e. The quantitative estimate of drug-likeness (QED) is 0.385. The molecule has 7 heteroatoms. The van der Waals surface area contributed by atoms with Crippen LogP contribution in [0.2, 0.25) is 0 Å². The van der Waals surface area contributed by atoms with Gasteiger partial charge in [-0.25, -0.2) is 4.39 Å². The van der Waals surface area contributed by atoms with E-state index in [1.54, 1.807) is 26.3 Å². The normalized spacial score (nSPS) is 10.9. The highest BCUT2D eigenvalue weighted by atomic mass is 127. The Morgan fingerprint density at radius 2 is 1.85 bits per heavy atom. The number of halogens is 2. The van der Waals surface area contributed by atoms with Crippen LogP contribution in [0.15, 0.2) is 47.5 Å². The number of guanidine groups is 1. The third kappa shape index (κ3) is 6.14. The van der Waals surface area contributed by atoms with Crippen LogP contribution in [0, 0.1) is 5.82 Å². The van der Waals surface area contributed by atoms with Gasteiger partial charge in [-0.2, -0.15) is 0 Å². The van der Waals surface area contributed by atoms with E-state index in [9.17, 15) is 4.39 Å². The minimum absolute atomic E-state index is 0. The van der Waals surface area contributed by atoms with Crippen LogP contribution in [-0.4, -0.2) is 37.2 Å². The Morgan fingerprint density at radius 1 is 1.19 bits per heavy atom. The number of rotatable bonds is 6. The van der Waals surface area contributed by atoms with E-state index < -0.39 is 5.82 Å². The average molecular weight is 473 g/mol. The van der Waals surface area contributed by atoms with Gasteiger partial charge in [0.1, 0.15) is 11.6 Å². The lowest BCUT2D eigenvalue weighted by Gasteiger charge is -2.22. The van der Waals surface area contributed by atoms with Gasteiger partial charge in [-0.1, -0.05) is 18.2 Å². The lowest BCUT2D eigenvalue weighted by atomic mass is 10.1. The van der Waals surface area contributed by atoms with Gasteiger partial charge < -0.3 is 20.1 Å². The second kappa shape index (κ2) is 11.0. The number of nitrogens with zero attached hydrogens (tertiary/aromatic N) is 2. The highest BCUT2D eigenvalue weighted by Crippen LogP contribution is 2.13. The molecule has 0 spiro atoms. The number of aliphatic hydroxyl groups excluding tert-OH is 1. The number of nitrogens with one attached hydrogen (secondary N) is 1. The van der Waals surface area contributed by atoms with E-state index >= 15 is 0 Å². The molecule has 26 heavy (non-hydrogen) atoms. The largest absolute Gasteiger partial charge is 0.497 e. The van der Waals surface area contributed by atoms with Crippen molar-refractivity contribution in [2.24, 2.45) is 4.99 Å². The van der Waals surface area contributed by atoms with Gasteiger partial charge in [-0.3, -0.25) is 4.99 Å². The molecular weight excluding hydrogens is 448 g/mol. The number of benzene rings is 2. The maximum atomic E-state index is 13.4. The molecule has 0 saturated carbocycles. The fraction of sp³-hybridized carbons (Fsp3) is 0.316. The van der Waals surface area contributed by atoms with E-state index in [1.807, 2.05) is 36.2 Å². The highest BCUT2D eigenvalue weighted by molar-refractivity contribution is 14.0. The molecule has 0 fully saturated rings. The first-order chi connectivity index (χ1) is 12.1. The summed E-state index contributed by atoms with van der Waals surface area (Å²) in [6.07, 6.45) is 0. The maximum Gasteiger partial charge on any atom is 0.193 e. The zero-order valence-corrected chi connectivity index (χ0v) is 17.5. The van der Waals surface area contributed by atoms with Gasteiger partial charge in [-0.15, -0.1) is 24.0 Å². The van der Waals surface area contributed by atoms with Gasteiger partial charge in [0.2, 0.25) is 0 Å². The molecule has 0 atom stereocenters. The van der Waals surface area contributed by atoms with Crippen molar-refractivity contribution < 1.29 is 14.2 Å². The topological polar surface area (TPSA) is 57.1 Å². The maximum absolute atomic E-state index is 13.4. The summed E-state index contributed by atoms with van der Waals surface area (Å²) in [5, 5.41) is 12.4. The molecule has 2 aromatic carbocycles. The van der Waals surface area contributed by atoms with Crippen molar-refractivity contribution in [3.63, 3.8) is 0 Å². The fourth-order valence-electron chi connectivity index (χ4n) is 2.50. The van der Waals surface area contributed by atoms with Crippen LogP contribution in [0.3, 0.4) is 0 Å². The molecule has 0 heterocycles. The van der Waals surface area contributed by atoms with Crippen molar-refractivity contribution in [2.45, 2.75) is 19.7 Å². The minimum Gasteiger partial charge on any atom is -0.497 e. The molecule has 2 aromatic rings. The van der Waals surface area contributed by atoms with Gasteiger partial charge in [0, 0.05) is 32.7 Å². The Bertz CT molecular complexity index is 723. The van der Waals surface area contributed by atoms with Gasteiger partial charge >= 0.3 is 0 Å². The van der Waals surface area contributed by atoms with Crippen molar-refractivity contribution in [2.75, 3.05) is 21.2 Å². The van der Waals surface area contributed by atoms with Crippen LogP contribution in [0.4, 0.5) is 4.39 Å². The molecule has 0 radical (unpaired) electrons. The van der Waals surface area contributed by atoms with E-state index in [-0.39, 0.29) is 30.6 Å². The predicted molar refractivity (Wildman–Crippen MR) is 112 cm³/mol. The summed E-state index contributed by atoms with van der Waals surface area (Å²) in [6.45, 7) is 0.869. The summed E-state index contributed by atoms with van der Waals surface area (Å²) in [7, 11) is 5.31. The summed E-state index contributed by atoms with van der Waals surface area (Å²) in [4.78, 5) is 6.27. The zero-order valence-electron chi connectivity index (χ0n) is 15.2. The van der Waals surface area contributed by atoms with Crippen molar-refractivity contribution in [3.05, 3.63) is 65.0 Å². The third-order valence-electron chi connectivity index (χ3n) is 3.88. The molecule has 0 aliphatic carbocycles. The SMILES string of the molecule is CN=C(NCc1ccc(F)c(CO)c1)N(C)Cc1ccc(OC)cc1.I. The second-order valence-corrected chi connectivity index (χ2v) is 5.69. The Labute approximate surface area is 170 Å². The molecule has 2 rings (SSSR count). The first-order valence-electron chi connectivity index (χ1n) is 8.00. The molecule has 0 aliphatic rings. The third-order valence-corrected chi connectivity index (χ3v) is 3.88. The Balaban J connectivity index is 0.00000338. The molecule has 0 bridgehead atoms. The Hall–Kier alpha value is -1.87. The van der Waals surface area contributed by atoms with Gasteiger partial charge in [0.15, 0.2) is 5.96 Å². The fourth-order valence-corrected chi connectivity index (χ4v) is 2.50. The lowest BCUT2D eigenvalue weighted by molar-refractivity contribution is 0.275. The lowest BCUT2D eigenvalue weighted by Crippen LogP contribution is -2.38. The number of aliphatic hydroxyl groups is 1. The highest BCUT2D eigenvalue weighted by Gasteiger charge is 2.08. The number of aliphatic imine (C=N–C) groups is 1. The Morgan fingerprint density at radius 3 is 2.42 bits per heavy atom. The summed E-state index contributed by atoms with van der Waals surface area (Å²) in [5.41, 5.74) is 2.31. The van der Waals surface area contributed by atoms with Crippen LogP contribution in [0.5, 0.6) is 5.75 Å². The van der Waals surface area contributed by atoms with Crippen molar-refractivity contribution in [1.82, 2.24) is 10.2 Å². The van der Waals surface area contributed by atoms with E-state index in [1.165, 1.54) is 6.07 Å². The van der Waals surface area contributed by atoms with Crippen LogP contribution >= 0.6 is 24.0 Å². The van der Waals surface area contributed by atoms with Crippen molar-refractivity contribution in [3.8, 4) is 5.75 Å². The number of ether oxygens (including phenoxy) is 1. The minimum atomic E-state index is -0.396. The summed E-state index contributed by atoms with van der Waals surface area (Å²) < 4.78 is 18.6. The van der Waals surface area contributed by atoms with Crippen LogP contribution in [-0.2, 0) is 19.7 Å². The number of hydrogen-bond acceptors (Lipinski definition) is 3. The molecule has 5 nitrogen and oxygen atoms in total. The second-order valence-electron chi connectivity index (χ2n) is 5.69. The van der Waals surface area contributed by atoms with E-state index in [0.717, 1.165) is 22.8 Å². The monoisotopic (exact) mass is 473 g/mol. The number of hydrogen-bond donors (Lipinski definition) is 2. The van der Waals surface area contributed by atoms with E-state index in [4.69, 9.17) is 9.84 Å². The summed E-state index contributed by atoms with van der Waals surface area (Å²) in [5.74, 6) is 1.16. The van der Waals surface area contributed by atoms with Crippen LogP contribution in [0.25, 0.3) is 0 Å².